The molecule has 0 fully saturated rings. The minimum Gasteiger partial charge on any atom is -1.00 e. The quantitative estimate of drug-likeness (QED) is 0.0353. The first-order valence-electron chi connectivity index (χ1n) is 21.8. The van der Waals surface area contributed by atoms with Gasteiger partial charge in [-0.25, -0.2) is 0 Å². The number of unbranched alkanes of at least 4 members (excludes halogenated alkanes) is 28. The van der Waals surface area contributed by atoms with Crippen LogP contribution in [0, 0.1) is 0 Å². The SMILES string of the molecule is CCCCCCCCCCN(C)CCCCCCCCCC.CCCCCCCCCC[N+](C)(C)CCCCCCCCCC.CCl.[Cl-]. The summed E-state index contributed by atoms with van der Waals surface area (Å²) in [6, 6.07) is 0. The molecular formula is C44H96Cl2N2. The van der Waals surface area contributed by atoms with E-state index in [-0.39, 0.29) is 12.4 Å². The van der Waals surface area contributed by atoms with Gasteiger partial charge < -0.3 is 21.8 Å². The van der Waals surface area contributed by atoms with Crippen molar-refractivity contribution in [1.82, 2.24) is 4.90 Å². The maximum atomic E-state index is 4.64. The predicted molar refractivity (Wildman–Crippen MR) is 222 cm³/mol. The standard InChI is InChI=1S/C22H48N.C21H45N.CH3Cl.ClH/c1-5-7-9-11-13-15-17-19-21-23(3,4)22-20-18-16-14-12-10-8-6-2;1-4-6-8-10-12-14-16-18-20-22(3)21-19-17-15-13-11-9-7-5-2;1-2;/h5-22H2,1-4H3;4-21H2,1-3H3;1H3;1H/q+1;;;/p-1. The Kier molecular flexibility index (Phi) is 57.1. The van der Waals surface area contributed by atoms with Crippen LogP contribution in [-0.2, 0) is 0 Å². The molecule has 4 heteroatoms. The summed E-state index contributed by atoms with van der Waals surface area (Å²) in [7, 11) is 7.17. The number of rotatable bonds is 36. The van der Waals surface area contributed by atoms with Crippen LogP contribution in [0.25, 0.3) is 0 Å². The third-order valence-electron chi connectivity index (χ3n) is 10.0. The van der Waals surface area contributed by atoms with Crippen molar-refractivity contribution in [3.63, 3.8) is 0 Å². The molecule has 0 heterocycles. The van der Waals surface area contributed by atoms with Crippen molar-refractivity contribution in [2.45, 2.75) is 233 Å². The largest absolute Gasteiger partial charge is 1.00 e. The smallest absolute Gasteiger partial charge is 0.0782 e. The van der Waals surface area contributed by atoms with Crippen molar-refractivity contribution in [2.75, 3.05) is 53.7 Å². The summed E-state index contributed by atoms with van der Waals surface area (Å²) in [5.41, 5.74) is 0. The van der Waals surface area contributed by atoms with Crippen LogP contribution < -0.4 is 12.4 Å². The second-order valence-corrected chi connectivity index (χ2v) is 15.6. The van der Waals surface area contributed by atoms with E-state index >= 15 is 0 Å². The molecule has 0 aliphatic rings. The predicted octanol–water partition coefficient (Wildman–Crippen LogP) is 12.4. The molecule has 0 N–H and O–H groups in total. The minimum atomic E-state index is 0. The van der Waals surface area contributed by atoms with Crippen LogP contribution in [0.15, 0.2) is 0 Å². The summed E-state index contributed by atoms with van der Waals surface area (Å²) in [6.07, 6.45) is 47.4. The van der Waals surface area contributed by atoms with Crippen molar-refractivity contribution in [2.24, 2.45) is 0 Å². The van der Waals surface area contributed by atoms with Crippen molar-refractivity contribution in [1.29, 1.82) is 0 Å². The van der Waals surface area contributed by atoms with Gasteiger partial charge in [0.05, 0.1) is 27.2 Å². The summed E-state index contributed by atoms with van der Waals surface area (Å²) in [5, 5.41) is 0. The third-order valence-corrected chi connectivity index (χ3v) is 10.0. The number of halogens is 2. The molecule has 48 heavy (non-hydrogen) atoms. The molecule has 0 radical (unpaired) electrons. The van der Waals surface area contributed by atoms with E-state index in [1.165, 1.54) is 243 Å². The van der Waals surface area contributed by atoms with Crippen molar-refractivity contribution < 1.29 is 16.9 Å². The molecule has 0 spiro atoms. The van der Waals surface area contributed by atoms with E-state index in [1.54, 1.807) is 0 Å². The average Bonchev–Trinajstić information content (AvgIpc) is 3.07. The van der Waals surface area contributed by atoms with E-state index in [0.717, 1.165) is 0 Å². The van der Waals surface area contributed by atoms with Gasteiger partial charge in [-0.15, -0.1) is 11.6 Å². The summed E-state index contributed by atoms with van der Waals surface area (Å²) < 4.78 is 1.24. The van der Waals surface area contributed by atoms with Crippen LogP contribution >= 0.6 is 11.6 Å². The Morgan fingerprint density at radius 3 is 0.750 bits per heavy atom. The molecule has 2 nitrogen and oxygen atoms in total. The van der Waals surface area contributed by atoms with Crippen molar-refractivity contribution in [3.05, 3.63) is 0 Å². The van der Waals surface area contributed by atoms with Crippen LogP contribution in [-0.4, -0.2) is 63.1 Å². The lowest BCUT2D eigenvalue weighted by molar-refractivity contribution is -0.890. The zero-order valence-electron chi connectivity index (χ0n) is 35.1. The number of nitrogens with zero attached hydrogens (tertiary/aromatic N) is 2. The molecule has 296 valence electrons. The molecule has 0 atom stereocenters. The highest BCUT2D eigenvalue weighted by Crippen LogP contribution is 2.14. The van der Waals surface area contributed by atoms with Gasteiger partial charge >= 0.3 is 0 Å². The third kappa shape index (κ3) is 53.3. The fourth-order valence-electron chi connectivity index (χ4n) is 6.60. The summed E-state index contributed by atoms with van der Waals surface area (Å²) in [4.78, 5) is 2.55. The molecule has 0 unspecified atom stereocenters. The Hall–Kier alpha value is 0.500. The first-order chi connectivity index (χ1) is 22.9. The number of hydrogen-bond donors (Lipinski definition) is 0. The van der Waals surface area contributed by atoms with E-state index in [4.69, 9.17) is 0 Å². The topological polar surface area (TPSA) is 3.24 Å². The molecule has 0 aromatic heterocycles. The summed E-state index contributed by atoms with van der Waals surface area (Å²) in [5.74, 6) is 0. The molecule has 0 saturated heterocycles. The van der Waals surface area contributed by atoms with Gasteiger partial charge in [-0.2, -0.15) is 0 Å². The van der Waals surface area contributed by atoms with Crippen LogP contribution in [0.2, 0.25) is 0 Å². The van der Waals surface area contributed by atoms with Crippen molar-refractivity contribution in [3.8, 4) is 0 Å². The zero-order valence-corrected chi connectivity index (χ0v) is 36.6. The van der Waals surface area contributed by atoms with E-state index in [9.17, 15) is 0 Å². The van der Waals surface area contributed by atoms with E-state index < -0.39 is 0 Å². The first-order valence-corrected chi connectivity index (χ1v) is 22.6. The van der Waals surface area contributed by atoms with Crippen molar-refractivity contribution >= 4 is 11.6 Å². The fourth-order valence-corrected chi connectivity index (χ4v) is 6.60. The van der Waals surface area contributed by atoms with Crippen LogP contribution in [0.5, 0.6) is 0 Å². The maximum Gasteiger partial charge on any atom is 0.0782 e. The molecule has 0 aromatic rings. The lowest BCUT2D eigenvalue weighted by Gasteiger charge is -2.30. The normalized spacial score (nSPS) is 11.1. The lowest BCUT2D eigenvalue weighted by Crippen LogP contribution is -3.00. The van der Waals surface area contributed by atoms with Crippen LogP contribution in [0.3, 0.4) is 0 Å². The van der Waals surface area contributed by atoms with Gasteiger partial charge in [0.2, 0.25) is 0 Å². The maximum absolute atomic E-state index is 4.64. The van der Waals surface area contributed by atoms with E-state index in [0.29, 0.717) is 0 Å². The molecule has 0 aliphatic heterocycles. The Morgan fingerprint density at radius 2 is 0.521 bits per heavy atom. The van der Waals surface area contributed by atoms with Gasteiger partial charge in [0.1, 0.15) is 0 Å². The molecule has 0 rings (SSSR count). The van der Waals surface area contributed by atoms with Crippen LogP contribution in [0.4, 0.5) is 0 Å². The highest BCUT2D eigenvalue weighted by molar-refractivity contribution is 6.15. The number of alkyl halides is 1. The molecule has 0 aromatic carbocycles. The Bertz CT molecular complexity index is 472. The number of quaternary nitrogens is 1. The second kappa shape index (κ2) is 49.6. The van der Waals surface area contributed by atoms with Gasteiger partial charge in [-0.1, -0.05) is 195 Å². The second-order valence-electron chi connectivity index (χ2n) is 15.6. The Labute approximate surface area is 319 Å². The zero-order chi connectivity index (χ0) is 35.5. The minimum absolute atomic E-state index is 0. The molecule has 0 saturated carbocycles. The summed E-state index contributed by atoms with van der Waals surface area (Å²) >= 11 is 4.64. The number of hydrogen-bond acceptors (Lipinski definition) is 1. The fraction of sp³-hybridized carbons (Fsp3) is 1.00. The highest BCUT2D eigenvalue weighted by Gasteiger charge is 2.13. The van der Waals surface area contributed by atoms with Crippen LogP contribution in [0.1, 0.15) is 233 Å². The Balaban J connectivity index is -0.000000376. The monoisotopic (exact) mass is 723 g/mol. The van der Waals surface area contributed by atoms with Gasteiger partial charge in [-0.3, -0.25) is 0 Å². The summed E-state index contributed by atoms with van der Waals surface area (Å²) in [6.45, 7) is 14.6. The first kappa shape index (κ1) is 55.3. The highest BCUT2D eigenvalue weighted by atomic mass is 35.5. The van der Waals surface area contributed by atoms with Gasteiger partial charge in [0.25, 0.3) is 0 Å². The van der Waals surface area contributed by atoms with Gasteiger partial charge in [0, 0.05) is 6.38 Å². The Morgan fingerprint density at radius 1 is 0.333 bits per heavy atom. The molecule has 0 bridgehead atoms. The van der Waals surface area contributed by atoms with Gasteiger partial charge in [0.15, 0.2) is 0 Å². The lowest BCUT2D eigenvalue weighted by atomic mass is 10.1. The molecule has 0 aliphatic carbocycles. The average molecular weight is 724 g/mol. The van der Waals surface area contributed by atoms with Gasteiger partial charge in [-0.05, 0) is 58.7 Å². The molecular weight excluding hydrogens is 627 g/mol. The molecule has 0 amide bonds. The van der Waals surface area contributed by atoms with E-state index in [1.807, 2.05) is 0 Å². The van der Waals surface area contributed by atoms with E-state index in [2.05, 4.69) is 65.3 Å².